The summed E-state index contributed by atoms with van der Waals surface area (Å²) in [5.41, 5.74) is 1.12. The molecule has 0 aliphatic rings. The van der Waals surface area contributed by atoms with Crippen LogP contribution in [0, 0.1) is 5.82 Å². The zero-order chi connectivity index (χ0) is 9.68. The number of rotatable bonds is 4. The van der Waals surface area contributed by atoms with E-state index in [9.17, 15) is 4.39 Å². The fourth-order valence-electron chi connectivity index (χ4n) is 1.23. The highest BCUT2D eigenvalue weighted by molar-refractivity contribution is 5.15. The molecule has 0 spiro atoms. The Hall–Kier alpha value is -0.930. The van der Waals surface area contributed by atoms with Gasteiger partial charge in [-0.3, -0.25) is 4.90 Å². The second-order valence-electron chi connectivity index (χ2n) is 3.15. The van der Waals surface area contributed by atoms with Gasteiger partial charge in [0.2, 0.25) is 0 Å². The fourth-order valence-corrected chi connectivity index (χ4v) is 1.23. The first-order valence-corrected chi connectivity index (χ1v) is 4.30. The molecular formula is C10H15FN2. The molecule has 0 saturated carbocycles. The Balaban J connectivity index is 2.49. The number of hydrogen-bond acceptors (Lipinski definition) is 2. The van der Waals surface area contributed by atoms with Gasteiger partial charge in [-0.25, -0.2) is 4.39 Å². The van der Waals surface area contributed by atoms with E-state index in [1.54, 1.807) is 0 Å². The maximum Gasteiger partial charge on any atom is 0.123 e. The molecule has 72 valence electrons. The molecule has 1 N–H and O–H groups in total. The van der Waals surface area contributed by atoms with Gasteiger partial charge in [-0.05, 0) is 31.8 Å². The third kappa shape index (κ3) is 3.53. The van der Waals surface area contributed by atoms with Crippen molar-refractivity contribution in [3.63, 3.8) is 0 Å². The molecule has 1 aromatic carbocycles. The second kappa shape index (κ2) is 4.94. The summed E-state index contributed by atoms with van der Waals surface area (Å²) in [4.78, 5) is 2.12. The Morgan fingerprint density at radius 2 is 1.92 bits per heavy atom. The highest BCUT2D eigenvalue weighted by atomic mass is 19.1. The molecule has 0 aliphatic carbocycles. The maximum absolute atomic E-state index is 12.5. The van der Waals surface area contributed by atoms with E-state index < -0.39 is 0 Å². The molecule has 0 fully saturated rings. The predicted octanol–water partition coefficient (Wildman–Crippen LogP) is 1.43. The number of halogens is 1. The van der Waals surface area contributed by atoms with E-state index in [-0.39, 0.29) is 5.82 Å². The maximum atomic E-state index is 12.5. The van der Waals surface area contributed by atoms with Crippen LogP contribution in [0.25, 0.3) is 0 Å². The summed E-state index contributed by atoms with van der Waals surface area (Å²) >= 11 is 0. The molecule has 0 saturated heterocycles. The van der Waals surface area contributed by atoms with E-state index in [1.165, 1.54) is 12.1 Å². The molecule has 0 radical (unpaired) electrons. The first kappa shape index (κ1) is 10.2. The SMILES string of the molecule is CNCN(C)Cc1ccc(F)cc1. The van der Waals surface area contributed by atoms with E-state index in [2.05, 4.69) is 10.2 Å². The lowest BCUT2D eigenvalue weighted by Gasteiger charge is -2.15. The van der Waals surface area contributed by atoms with E-state index in [4.69, 9.17) is 0 Å². The van der Waals surface area contributed by atoms with Gasteiger partial charge in [0.15, 0.2) is 0 Å². The lowest BCUT2D eigenvalue weighted by molar-refractivity contribution is 0.310. The molecule has 2 nitrogen and oxygen atoms in total. The van der Waals surface area contributed by atoms with Crippen molar-refractivity contribution >= 4 is 0 Å². The zero-order valence-corrected chi connectivity index (χ0v) is 8.05. The van der Waals surface area contributed by atoms with Crippen molar-refractivity contribution in [2.75, 3.05) is 20.8 Å². The summed E-state index contributed by atoms with van der Waals surface area (Å²) in [5, 5.41) is 3.05. The molecule has 0 aromatic heterocycles. The quantitative estimate of drug-likeness (QED) is 0.709. The van der Waals surface area contributed by atoms with Crippen LogP contribution in [-0.4, -0.2) is 25.7 Å². The largest absolute Gasteiger partial charge is 0.307 e. The molecule has 1 rings (SSSR count). The normalized spacial score (nSPS) is 10.8. The van der Waals surface area contributed by atoms with Gasteiger partial charge in [0.05, 0.1) is 0 Å². The number of nitrogens with zero attached hydrogens (tertiary/aromatic N) is 1. The summed E-state index contributed by atoms with van der Waals surface area (Å²) in [7, 11) is 3.92. The van der Waals surface area contributed by atoms with Crippen LogP contribution in [0.15, 0.2) is 24.3 Å². The summed E-state index contributed by atoms with van der Waals surface area (Å²) in [5.74, 6) is -0.181. The molecule has 0 amide bonds. The molecule has 0 heterocycles. The minimum atomic E-state index is -0.181. The third-order valence-corrected chi connectivity index (χ3v) is 1.79. The van der Waals surface area contributed by atoms with Crippen LogP contribution in [0.2, 0.25) is 0 Å². The molecular weight excluding hydrogens is 167 g/mol. The smallest absolute Gasteiger partial charge is 0.123 e. The molecule has 13 heavy (non-hydrogen) atoms. The standard InChI is InChI=1S/C10H15FN2/c1-12-8-13(2)7-9-3-5-10(11)6-4-9/h3-6,12H,7-8H2,1-2H3. The van der Waals surface area contributed by atoms with Crippen molar-refractivity contribution in [2.45, 2.75) is 6.54 Å². The van der Waals surface area contributed by atoms with E-state index >= 15 is 0 Å². The van der Waals surface area contributed by atoms with Gasteiger partial charge in [-0.2, -0.15) is 0 Å². The van der Waals surface area contributed by atoms with Gasteiger partial charge in [0, 0.05) is 13.2 Å². The van der Waals surface area contributed by atoms with Crippen molar-refractivity contribution < 1.29 is 4.39 Å². The van der Waals surface area contributed by atoms with Crippen molar-refractivity contribution in [1.82, 2.24) is 10.2 Å². The van der Waals surface area contributed by atoms with Gasteiger partial charge < -0.3 is 5.32 Å². The van der Waals surface area contributed by atoms with Crippen LogP contribution in [0.4, 0.5) is 4.39 Å². The van der Waals surface area contributed by atoms with Crippen molar-refractivity contribution in [3.05, 3.63) is 35.6 Å². The Labute approximate surface area is 78.4 Å². The first-order valence-electron chi connectivity index (χ1n) is 4.30. The van der Waals surface area contributed by atoms with E-state index in [0.29, 0.717) is 0 Å². The number of nitrogens with one attached hydrogen (secondary N) is 1. The van der Waals surface area contributed by atoms with Crippen LogP contribution in [0.5, 0.6) is 0 Å². The molecule has 0 atom stereocenters. The Morgan fingerprint density at radius 1 is 1.31 bits per heavy atom. The van der Waals surface area contributed by atoms with Crippen LogP contribution in [0.1, 0.15) is 5.56 Å². The van der Waals surface area contributed by atoms with Crippen molar-refractivity contribution in [1.29, 1.82) is 0 Å². The second-order valence-corrected chi connectivity index (χ2v) is 3.15. The van der Waals surface area contributed by atoms with Crippen molar-refractivity contribution in [3.8, 4) is 0 Å². The topological polar surface area (TPSA) is 15.3 Å². The Bertz CT molecular complexity index is 246. The van der Waals surface area contributed by atoms with Gasteiger partial charge in [-0.15, -0.1) is 0 Å². The molecule has 0 aliphatic heterocycles. The van der Waals surface area contributed by atoms with Gasteiger partial charge in [-0.1, -0.05) is 12.1 Å². The third-order valence-electron chi connectivity index (χ3n) is 1.79. The van der Waals surface area contributed by atoms with Crippen LogP contribution < -0.4 is 5.32 Å². The monoisotopic (exact) mass is 182 g/mol. The molecule has 3 heteroatoms. The average molecular weight is 182 g/mol. The minimum absolute atomic E-state index is 0.181. The highest BCUT2D eigenvalue weighted by Gasteiger charge is 1.98. The van der Waals surface area contributed by atoms with Crippen molar-refractivity contribution in [2.24, 2.45) is 0 Å². The molecule has 0 unspecified atom stereocenters. The summed E-state index contributed by atoms with van der Waals surface area (Å²) in [6.45, 7) is 1.67. The number of benzene rings is 1. The Morgan fingerprint density at radius 3 is 2.46 bits per heavy atom. The zero-order valence-electron chi connectivity index (χ0n) is 8.05. The highest BCUT2D eigenvalue weighted by Crippen LogP contribution is 2.04. The minimum Gasteiger partial charge on any atom is -0.307 e. The Kier molecular flexibility index (Phi) is 3.86. The molecule has 1 aromatic rings. The first-order chi connectivity index (χ1) is 6.22. The number of hydrogen-bond donors (Lipinski definition) is 1. The van der Waals surface area contributed by atoms with Gasteiger partial charge >= 0.3 is 0 Å². The summed E-state index contributed by atoms with van der Waals surface area (Å²) in [6, 6.07) is 6.59. The van der Waals surface area contributed by atoms with E-state index in [1.807, 2.05) is 26.2 Å². The van der Waals surface area contributed by atoms with Crippen LogP contribution >= 0.6 is 0 Å². The molecule has 0 bridgehead atoms. The predicted molar refractivity (Wildman–Crippen MR) is 51.8 cm³/mol. The lowest BCUT2D eigenvalue weighted by atomic mass is 10.2. The van der Waals surface area contributed by atoms with Crippen LogP contribution in [0.3, 0.4) is 0 Å². The van der Waals surface area contributed by atoms with E-state index in [0.717, 1.165) is 18.8 Å². The fraction of sp³-hybridized carbons (Fsp3) is 0.400. The van der Waals surface area contributed by atoms with Gasteiger partial charge in [0.1, 0.15) is 5.82 Å². The van der Waals surface area contributed by atoms with Gasteiger partial charge in [0.25, 0.3) is 0 Å². The average Bonchev–Trinajstić information content (AvgIpc) is 2.09. The summed E-state index contributed by atoms with van der Waals surface area (Å²) in [6.07, 6.45) is 0. The van der Waals surface area contributed by atoms with Crippen LogP contribution in [-0.2, 0) is 6.54 Å². The lowest BCUT2D eigenvalue weighted by Crippen LogP contribution is -2.27. The summed E-state index contributed by atoms with van der Waals surface area (Å²) < 4.78 is 12.5.